The van der Waals surface area contributed by atoms with Gasteiger partial charge in [-0.15, -0.1) is 0 Å². The van der Waals surface area contributed by atoms with Crippen molar-refractivity contribution >= 4 is 28.4 Å². The Balaban J connectivity index is 1.37. The van der Waals surface area contributed by atoms with Crippen LogP contribution >= 0.6 is 11.6 Å². The van der Waals surface area contributed by atoms with Crippen LogP contribution in [0, 0.1) is 0 Å². The number of pyridine rings is 1. The molecule has 0 bridgehead atoms. The van der Waals surface area contributed by atoms with Crippen molar-refractivity contribution in [1.82, 2.24) is 15.2 Å². The zero-order valence-electron chi connectivity index (χ0n) is 15.2. The smallest absolute Gasteiger partial charge is 0.252 e. The molecule has 0 atom stereocenters. The Labute approximate surface area is 164 Å². The fourth-order valence-corrected chi connectivity index (χ4v) is 3.86. The van der Waals surface area contributed by atoms with Crippen LogP contribution in [-0.2, 0) is 6.54 Å². The zero-order valence-corrected chi connectivity index (χ0v) is 16.0. The topological polar surface area (TPSA) is 45.2 Å². The highest BCUT2D eigenvalue weighted by Crippen LogP contribution is 2.27. The second-order valence-corrected chi connectivity index (χ2v) is 7.59. The molecule has 3 aromatic rings. The maximum absolute atomic E-state index is 12.8. The Morgan fingerprint density at radius 3 is 2.63 bits per heavy atom. The summed E-state index contributed by atoms with van der Waals surface area (Å²) in [6.07, 6.45) is 1.93. The molecule has 0 saturated heterocycles. The fourth-order valence-electron chi connectivity index (χ4n) is 3.66. The number of para-hydroxylation sites is 1. The minimum Gasteiger partial charge on any atom is -0.349 e. The van der Waals surface area contributed by atoms with Gasteiger partial charge in [0.25, 0.3) is 5.91 Å². The van der Waals surface area contributed by atoms with Gasteiger partial charge in [-0.2, -0.15) is 0 Å². The molecule has 27 heavy (non-hydrogen) atoms. The second kappa shape index (κ2) is 7.67. The van der Waals surface area contributed by atoms with Crippen LogP contribution < -0.4 is 5.32 Å². The molecule has 138 valence electrons. The summed E-state index contributed by atoms with van der Waals surface area (Å²) in [4.78, 5) is 19.4. The number of nitrogens with one attached hydrogen (secondary N) is 1. The van der Waals surface area contributed by atoms with Gasteiger partial charge in [-0.3, -0.25) is 9.69 Å². The van der Waals surface area contributed by atoms with E-state index in [1.165, 1.54) is 5.56 Å². The molecule has 5 heteroatoms. The highest BCUT2D eigenvalue weighted by molar-refractivity contribution is 6.30. The van der Waals surface area contributed by atoms with E-state index in [1.54, 1.807) is 6.07 Å². The second-order valence-electron chi connectivity index (χ2n) is 7.21. The van der Waals surface area contributed by atoms with Gasteiger partial charge in [0.15, 0.2) is 0 Å². The predicted octanol–water partition coefficient (Wildman–Crippen LogP) is 4.28. The van der Waals surface area contributed by atoms with Gasteiger partial charge in [-0.05, 0) is 37.6 Å². The SMILES string of the molecule is CN(Cc1ccccc1)C1CC(NC(=O)c2cc(Cl)nc3ccccc23)C1. The van der Waals surface area contributed by atoms with Gasteiger partial charge in [-0.1, -0.05) is 60.1 Å². The fraction of sp³-hybridized carbons (Fsp3) is 0.273. The number of carbonyl (C=O) groups excluding carboxylic acids is 1. The molecule has 1 aliphatic rings. The van der Waals surface area contributed by atoms with Crippen LogP contribution in [0.15, 0.2) is 60.7 Å². The molecule has 1 aromatic heterocycles. The Bertz CT molecular complexity index is 954. The molecule has 2 aromatic carbocycles. The number of aromatic nitrogens is 1. The van der Waals surface area contributed by atoms with Crippen molar-refractivity contribution in [2.24, 2.45) is 0 Å². The lowest BCUT2D eigenvalue weighted by atomic mass is 9.85. The van der Waals surface area contributed by atoms with Crippen molar-refractivity contribution in [2.45, 2.75) is 31.5 Å². The van der Waals surface area contributed by atoms with E-state index in [-0.39, 0.29) is 11.9 Å². The first kappa shape index (κ1) is 18.0. The third-order valence-corrected chi connectivity index (χ3v) is 5.47. The van der Waals surface area contributed by atoms with E-state index in [9.17, 15) is 4.79 Å². The van der Waals surface area contributed by atoms with Gasteiger partial charge in [0.1, 0.15) is 5.15 Å². The lowest BCUT2D eigenvalue weighted by Gasteiger charge is -2.41. The highest BCUT2D eigenvalue weighted by Gasteiger charge is 2.33. The van der Waals surface area contributed by atoms with Crippen molar-refractivity contribution in [3.05, 3.63) is 76.9 Å². The molecule has 0 spiro atoms. The average molecular weight is 380 g/mol. The third kappa shape index (κ3) is 3.97. The summed E-state index contributed by atoms with van der Waals surface area (Å²) in [7, 11) is 2.14. The van der Waals surface area contributed by atoms with Crippen LogP contribution in [0.2, 0.25) is 5.15 Å². The number of carbonyl (C=O) groups is 1. The van der Waals surface area contributed by atoms with Crippen molar-refractivity contribution < 1.29 is 4.79 Å². The van der Waals surface area contributed by atoms with E-state index in [0.29, 0.717) is 16.8 Å². The lowest BCUT2D eigenvalue weighted by molar-refractivity contribution is 0.0811. The van der Waals surface area contributed by atoms with Gasteiger partial charge in [0, 0.05) is 24.0 Å². The molecule has 0 aliphatic heterocycles. The number of rotatable bonds is 5. The maximum atomic E-state index is 12.8. The normalized spacial score (nSPS) is 19.1. The molecule has 0 unspecified atom stereocenters. The summed E-state index contributed by atoms with van der Waals surface area (Å²) in [5, 5.41) is 4.32. The molecular formula is C22H22ClN3O. The summed E-state index contributed by atoms with van der Waals surface area (Å²) in [6, 6.07) is 20.4. The molecule has 1 amide bonds. The van der Waals surface area contributed by atoms with E-state index < -0.39 is 0 Å². The van der Waals surface area contributed by atoms with Gasteiger partial charge in [0.05, 0.1) is 11.1 Å². The molecule has 4 nitrogen and oxygen atoms in total. The summed E-state index contributed by atoms with van der Waals surface area (Å²) in [5.41, 5.74) is 2.64. The van der Waals surface area contributed by atoms with Crippen LogP contribution in [0.25, 0.3) is 10.9 Å². The Morgan fingerprint density at radius 2 is 1.85 bits per heavy atom. The van der Waals surface area contributed by atoms with E-state index in [4.69, 9.17) is 11.6 Å². The highest BCUT2D eigenvalue weighted by atomic mass is 35.5. The van der Waals surface area contributed by atoms with Gasteiger partial charge in [0.2, 0.25) is 0 Å². The predicted molar refractivity (Wildman–Crippen MR) is 109 cm³/mol. The number of benzene rings is 2. The molecule has 0 radical (unpaired) electrons. The summed E-state index contributed by atoms with van der Waals surface area (Å²) in [5.74, 6) is -0.0790. The van der Waals surface area contributed by atoms with Crippen LogP contribution in [0.4, 0.5) is 0 Å². The number of halogens is 1. The lowest BCUT2D eigenvalue weighted by Crippen LogP contribution is -2.52. The summed E-state index contributed by atoms with van der Waals surface area (Å²) in [6.45, 7) is 0.927. The molecular weight excluding hydrogens is 358 g/mol. The van der Waals surface area contributed by atoms with Crippen LogP contribution in [0.3, 0.4) is 0 Å². The molecule has 1 saturated carbocycles. The first-order chi connectivity index (χ1) is 13.1. The molecule has 1 fully saturated rings. The van der Waals surface area contributed by atoms with Gasteiger partial charge >= 0.3 is 0 Å². The van der Waals surface area contributed by atoms with E-state index in [0.717, 1.165) is 30.3 Å². The van der Waals surface area contributed by atoms with Crippen molar-refractivity contribution in [3.63, 3.8) is 0 Å². The quantitative estimate of drug-likeness (QED) is 0.673. The average Bonchev–Trinajstić information content (AvgIpc) is 2.64. The van der Waals surface area contributed by atoms with E-state index in [1.807, 2.05) is 30.3 Å². The number of nitrogens with zero attached hydrogens (tertiary/aromatic N) is 2. The monoisotopic (exact) mass is 379 g/mol. The number of fused-ring (bicyclic) bond motifs is 1. The Hall–Kier alpha value is -2.43. The molecule has 4 rings (SSSR count). The maximum Gasteiger partial charge on any atom is 0.252 e. The van der Waals surface area contributed by atoms with Crippen molar-refractivity contribution in [3.8, 4) is 0 Å². The standard InChI is InChI=1S/C22H22ClN3O/c1-26(14-15-7-3-2-4-8-15)17-11-16(12-17)24-22(27)19-13-21(23)25-20-10-6-5-9-18(19)20/h2-10,13,16-17H,11-12,14H2,1H3,(H,24,27). The Morgan fingerprint density at radius 1 is 1.15 bits per heavy atom. The molecule has 1 heterocycles. The van der Waals surface area contributed by atoms with Crippen molar-refractivity contribution in [2.75, 3.05) is 7.05 Å². The molecule has 1 aliphatic carbocycles. The summed E-state index contributed by atoms with van der Waals surface area (Å²) < 4.78 is 0. The van der Waals surface area contributed by atoms with E-state index >= 15 is 0 Å². The first-order valence-electron chi connectivity index (χ1n) is 9.20. The minimum absolute atomic E-state index is 0.0790. The number of hydrogen-bond acceptors (Lipinski definition) is 3. The largest absolute Gasteiger partial charge is 0.349 e. The minimum atomic E-state index is -0.0790. The van der Waals surface area contributed by atoms with Gasteiger partial charge in [-0.25, -0.2) is 4.98 Å². The third-order valence-electron chi connectivity index (χ3n) is 5.28. The number of hydrogen-bond donors (Lipinski definition) is 1. The summed E-state index contributed by atoms with van der Waals surface area (Å²) >= 11 is 6.10. The van der Waals surface area contributed by atoms with Crippen LogP contribution in [0.5, 0.6) is 0 Å². The van der Waals surface area contributed by atoms with E-state index in [2.05, 4.69) is 46.5 Å². The number of amides is 1. The Kier molecular flexibility index (Phi) is 5.10. The van der Waals surface area contributed by atoms with Crippen molar-refractivity contribution in [1.29, 1.82) is 0 Å². The van der Waals surface area contributed by atoms with Gasteiger partial charge < -0.3 is 5.32 Å². The van der Waals surface area contributed by atoms with Crippen LogP contribution in [-0.4, -0.2) is 34.9 Å². The first-order valence-corrected chi connectivity index (χ1v) is 9.58. The molecule has 1 N–H and O–H groups in total. The zero-order chi connectivity index (χ0) is 18.8. The van der Waals surface area contributed by atoms with Crippen LogP contribution in [0.1, 0.15) is 28.8 Å².